The molecule has 0 bridgehead atoms. The molecule has 0 aliphatic rings. The number of alkyl halides is 3. The number of guanidine groups is 1. The summed E-state index contributed by atoms with van der Waals surface area (Å²) in [7, 11) is 3.19. The molecule has 0 aliphatic carbocycles. The van der Waals surface area contributed by atoms with Crippen LogP contribution >= 0.6 is 24.0 Å². The van der Waals surface area contributed by atoms with Gasteiger partial charge >= 0.3 is 6.18 Å². The Bertz CT molecular complexity index is 849. The number of aromatic nitrogens is 1. The highest BCUT2D eigenvalue weighted by Crippen LogP contribution is 2.27. The van der Waals surface area contributed by atoms with Gasteiger partial charge in [-0.25, -0.2) is 9.98 Å². The Kier molecular flexibility index (Phi) is 12.0. The van der Waals surface area contributed by atoms with Gasteiger partial charge in [0.2, 0.25) is 5.88 Å². The number of methoxy groups -OCH3 is 2. The van der Waals surface area contributed by atoms with Gasteiger partial charge in [-0.15, -0.1) is 24.0 Å². The molecular weight excluding hydrogens is 540 g/mol. The molecule has 2 aromatic rings. The first-order chi connectivity index (χ1) is 14.8. The molecule has 178 valence electrons. The zero-order chi connectivity index (χ0) is 22.7. The monoisotopic (exact) mass is 568 g/mol. The average molecular weight is 568 g/mol. The van der Waals surface area contributed by atoms with E-state index in [0.717, 1.165) is 17.5 Å². The largest absolute Gasteiger partial charge is 0.493 e. The number of hydrogen-bond donors (Lipinski definition) is 2. The molecule has 0 spiro atoms. The van der Waals surface area contributed by atoms with Crippen LogP contribution in [0, 0.1) is 0 Å². The summed E-state index contributed by atoms with van der Waals surface area (Å²) in [6.45, 7) is 2.23. The number of pyridine rings is 1. The molecule has 0 saturated carbocycles. The summed E-state index contributed by atoms with van der Waals surface area (Å²) in [5.74, 6) is 1.90. The Labute approximate surface area is 202 Å². The summed E-state index contributed by atoms with van der Waals surface area (Å²) < 4.78 is 51.7. The van der Waals surface area contributed by atoms with Gasteiger partial charge < -0.3 is 24.8 Å². The number of nitrogens with zero attached hydrogens (tertiary/aromatic N) is 2. The minimum atomic E-state index is -4.39. The van der Waals surface area contributed by atoms with Crippen molar-refractivity contribution in [1.82, 2.24) is 15.6 Å². The highest BCUT2D eigenvalue weighted by molar-refractivity contribution is 14.0. The fourth-order valence-corrected chi connectivity index (χ4v) is 2.62. The fraction of sp³-hybridized carbons (Fsp3) is 0.429. The van der Waals surface area contributed by atoms with Crippen LogP contribution in [0.15, 0.2) is 41.5 Å². The van der Waals surface area contributed by atoms with E-state index < -0.39 is 12.8 Å². The van der Waals surface area contributed by atoms with E-state index in [-0.39, 0.29) is 29.9 Å². The van der Waals surface area contributed by atoms with Gasteiger partial charge in [0, 0.05) is 25.4 Å². The molecule has 32 heavy (non-hydrogen) atoms. The second kappa shape index (κ2) is 13.9. The molecule has 1 aromatic carbocycles. The SMILES string of the molecule is CCNC(=NCc1ccc(OCC(F)(F)F)nc1)NCCc1ccc(OC)c(OC)c1.I. The van der Waals surface area contributed by atoms with Gasteiger partial charge in [0.05, 0.1) is 20.8 Å². The zero-order valence-electron chi connectivity index (χ0n) is 18.2. The third kappa shape index (κ3) is 9.79. The minimum Gasteiger partial charge on any atom is -0.493 e. The van der Waals surface area contributed by atoms with Crippen LogP contribution in [-0.2, 0) is 13.0 Å². The highest BCUT2D eigenvalue weighted by atomic mass is 127. The average Bonchev–Trinajstić information content (AvgIpc) is 2.76. The Morgan fingerprint density at radius 3 is 2.34 bits per heavy atom. The quantitative estimate of drug-likeness (QED) is 0.257. The molecule has 7 nitrogen and oxygen atoms in total. The van der Waals surface area contributed by atoms with Crippen LogP contribution in [0.25, 0.3) is 0 Å². The number of nitrogens with one attached hydrogen (secondary N) is 2. The normalized spacial score (nSPS) is 11.4. The van der Waals surface area contributed by atoms with Gasteiger partial charge in [-0.05, 0) is 36.6 Å². The zero-order valence-corrected chi connectivity index (χ0v) is 20.5. The molecule has 1 aromatic heterocycles. The van der Waals surface area contributed by atoms with Gasteiger partial charge in [-0.2, -0.15) is 13.2 Å². The second-order valence-corrected chi connectivity index (χ2v) is 6.47. The van der Waals surface area contributed by atoms with Crippen molar-refractivity contribution in [2.75, 3.05) is 33.9 Å². The number of ether oxygens (including phenoxy) is 3. The molecular formula is C21H28F3IN4O3. The van der Waals surface area contributed by atoms with Crippen LogP contribution in [0.2, 0.25) is 0 Å². The lowest BCUT2D eigenvalue weighted by Gasteiger charge is -2.13. The number of rotatable bonds is 10. The van der Waals surface area contributed by atoms with E-state index in [4.69, 9.17) is 9.47 Å². The number of halogens is 4. The van der Waals surface area contributed by atoms with Crippen LogP contribution < -0.4 is 24.8 Å². The maximum atomic E-state index is 12.2. The molecule has 1 heterocycles. The number of aliphatic imine (C=N–C) groups is 1. The highest BCUT2D eigenvalue weighted by Gasteiger charge is 2.28. The van der Waals surface area contributed by atoms with Gasteiger partial charge in [-0.1, -0.05) is 12.1 Å². The maximum Gasteiger partial charge on any atom is 0.422 e. The lowest BCUT2D eigenvalue weighted by atomic mass is 10.1. The molecule has 0 atom stereocenters. The van der Waals surface area contributed by atoms with Crippen LogP contribution in [0.5, 0.6) is 17.4 Å². The van der Waals surface area contributed by atoms with Crippen molar-refractivity contribution in [3.63, 3.8) is 0 Å². The van der Waals surface area contributed by atoms with Crippen molar-refractivity contribution in [2.45, 2.75) is 26.1 Å². The Morgan fingerprint density at radius 1 is 1.03 bits per heavy atom. The van der Waals surface area contributed by atoms with E-state index in [2.05, 4.69) is 25.3 Å². The molecule has 0 unspecified atom stereocenters. The van der Waals surface area contributed by atoms with Crippen molar-refractivity contribution in [1.29, 1.82) is 0 Å². The standard InChI is InChI=1S/C21H27F3N4O3.HI/c1-4-25-20(26-10-9-15-5-7-17(29-2)18(11-15)30-3)28-13-16-6-8-19(27-12-16)31-14-21(22,23)24;/h5-8,11-12H,4,9-10,13-14H2,1-3H3,(H2,25,26,28);1H. The summed E-state index contributed by atoms with van der Waals surface area (Å²) in [5, 5.41) is 6.40. The summed E-state index contributed by atoms with van der Waals surface area (Å²) in [6, 6.07) is 8.80. The van der Waals surface area contributed by atoms with Gasteiger partial charge in [0.25, 0.3) is 0 Å². The van der Waals surface area contributed by atoms with Crippen LogP contribution in [-0.4, -0.2) is 51.0 Å². The fourth-order valence-electron chi connectivity index (χ4n) is 2.62. The van der Waals surface area contributed by atoms with Crippen molar-refractivity contribution < 1.29 is 27.4 Å². The first kappa shape index (κ1) is 27.6. The minimum absolute atomic E-state index is 0. The Hall–Kier alpha value is -2.44. The molecule has 0 radical (unpaired) electrons. The topological polar surface area (TPSA) is 77.0 Å². The number of benzene rings is 1. The van der Waals surface area contributed by atoms with Crippen LogP contribution in [0.3, 0.4) is 0 Å². The molecule has 2 N–H and O–H groups in total. The molecule has 0 saturated heterocycles. The summed E-state index contributed by atoms with van der Waals surface area (Å²) in [6.07, 6.45) is -2.20. The van der Waals surface area contributed by atoms with E-state index in [1.165, 1.54) is 12.3 Å². The third-order valence-electron chi connectivity index (χ3n) is 4.10. The predicted octanol–water partition coefficient (Wildman–Crippen LogP) is 3.96. The van der Waals surface area contributed by atoms with Crippen molar-refractivity contribution >= 4 is 29.9 Å². The molecule has 11 heteroatoms. The van der Waals surface area contributed by atoms with Crippen molar-refractivity contribution in [3.05, 3.63) is 47.7 Å². The molecule has 0 fully saturated rings. The van der Waals surface area contributed by atoms with Crippen molar-refractivity contribution in [3.8, 4) is 17.4 Å². The third-order valence-corrected chi connectivity index (χ3v) is 4.10. The van der Waals surface area contributed by atoms with Gasteiger partial charge in [-0.3, -0.25) is 0 Å². The van der Waals surface area contributed by atoms with Crippen LogP contribution in [0.1, 0.15) is 18.1 Å². The first-order valence-corrected chi connectivity index (χ1v) is 9.72. The Morgan fingerprint density at radius 2 is 1.75 bits per heavy atom. The van der Waals surface area contributed by atoms with Crippen molar-refractivity contribution in [2.24, 2.45) is 4.99 Å². The molecule has 2 rings (SSSR count). The predicted molar refractivity (Wildman–Crippen MR) is 127 cm³/mol. The summed E-state index contributed by atoms with van der Waals surface area (Å²) in [4.78, 5) is 8.36. The summed E-state index contributed by atoms with van der Waals surface area (Å²) >= 11 is 0. The summed E-state index contributed by atoms with van der Waals surface area (Å²) in [5.41, 5.74) is 1.83. The number of hydrogen-bond acceptors (Lipinski definition) is 5. The van der Waals surface area contributed by atoms with E-state index >= 15 is 0 Å². The lowest BCUT2D eigenvalue weighted by molar-refractivity contribution is -0.154. The van der Waals surface area contributed by atoms with Crippen LogP contribution in [0.4, 0.5) is 13.2 Å². The maximum absolute atomic E-state index is 12.2. The molecule has 0 aliphatic heterocycles. The smallest absolute Gasteiger partial charge is 0.422 e. The van der Waals surface area contributed by atoms with E-state index in [1.54, 1.807) is 20.3 Å². The van der Waals surface area contributed by atoms with Gasteiger partial charge in [0.1, 0.15) is 0 Å². The second-order valence-electron chi connectivity index (χ2n) is 6.47. The lowest BCUT2D eigenvalue weighted by Crippen LogP contribution is -2.38. The molecule has 0 amide bonds. The van der Waals surface area contributed by atoms with E-state index in [1.807, 2.05) is 25.1 Å². The van der Waals surface area contributed by atoms with E-state index in [0.29, 0.717) is 37.1 Å². The Balaban J connectivity index is 0.00000512. The van der Waals surface area contributed by atoms with Gasteiger partial charge in [0.15, 0.2) is 24.1 Å². The van der Waals surface area contributed by atoms with E-state index in [9.17, 15) is 13.2 Å². The first-order valence-electron chi connectivity index (χ1n) is 9.72.